The Morgan fingerprint density at radius 2 is 2.12 bits per heavy atom. The van der Waals surface area contributed by atoms with Crippen LogP contribution in [0.4, 0.5) is 0 Å². The van der Waals surface area contributed by atoms with Gasteiger partial charge in [-0.1, -0.05) is 13.0 Å². The van der Waals surface area contributed by atoms with Crippen LogP contribution in [-0.4, -0.2) is 16.2 Å². The first kappa shape index (κ1) is 13.0. The third kappa shape index (κ3) is 3.20. The van der Waals surface area contributed by atoms with E-state index in [1.165, 1.54) is 5.56 Å². The standard InChI is InChI=1S/C13H23N3/c1-6-7-9(2)10(3)14-8-13-11(4)15-16-12(13)5/h6,9-10,14H,1,7-8H2,2-5H3,(H,15,16). The molecular formula is C13H23N3. The molecule has 1 aromatic heterocycles. The molecule has 3 heteroatoms. The average molecular weight is 221 g/mol. The van der Waals surface area contributed by atoms with Gasteiger partial charge < -0.3 is 5.32 Å². The molecule has 0 spiro atoms. The lowest BCUT2D eigenvalue weighted by Crippen LogP contribution is -2.31. The quantitative estimate of drug-likeness (QED) is 0.725. The number of rotatable bonds is 6. The van der Waals surface area contributed by atoms with Gasteiger partial charge in [0.05, 0.1) is 5.69 Å². The van der Waals surface area contributed by atoms with E-state index < -0.39 is 0 Å². The van der Waals surface area contributed by atoms with Crippen LogP contribution in [-0.2, 0) is 6.54 Å². The molecule has 2 atom stereocenters. The number of aryl methyl sites for hydroxylation is 2. The molecule has 16 heavy (non-hydrogen) atoms. The third-order valence-electron chi connectivity index (χ3n) is 3.27. The molecule has 0 aromatic carbocycles. The first-order chi connectivity index (χ1) is 7.56. The van der Waals surface area contributed by atoms with Crippen LogP contribution in [0.15, 0.2) is 12.7 Å². The minimum atomic E-state index is 0.492. The zero-order valence-corrected chi connectivity index (χ0v) is 10.8. The van der Waals surface area contributed by atoms with Gasteiger partial charge >= 0.3 is 0 Å². The van der Waals surface area contributed by atoms with Crippen molar-refractivity contribution in [3.05, 3.63) is 29.6 Å². The van der Waals surface area contributed by atoms with E-state index in [9.17, 15) is 0 Å². The smallest absolute Gasteiger partial charge is 0.0638 e. The van der Waals surface area contributed by atoms with Crippen LogP contribution >= 0.6 is 0 Å². The zero-order valence-electron chi connectivity index (χ0n) is 10.8. The predicted molar refractivity (Wildman–Crippen MR) is 68.3 cm³/mol. The summed E-state index contributed by atoms with van der Waals surface area (Å²) in [5, 5.41) is 10.7. The SMILES string of the molecule is C=CCC(C)C(C)NCc1c(C)n[nH]c1C. The van der Waals surface area contributed by atoms with Gasteiger partial charge in [0, 0.05) is 23.8 Å². The van der Waals surface area contributed by atoms with Crippen LogP contribution in [0.3, 0.4) is 0 Å². The van der Waals surface area contributed by atoms with Crippen molar-refractivity contribution in [3.8, 4) is 0 Å². The van der Waals surface area contributed by atoms with Crippen LogP contribution in [0.5, 0.6) is 0 Å². The van der Waals surface area contributed by atoms with E-state index in [2.05, 4.69) is 42.9 Å². The minimum Gasteiger partial charge on any atom is -0.310 e. The monoisotopic (exact) mass is 221 g/mol. The molecule has 0 saturated heterocycles. The lowest BCUT2D eigenvalue weighted by atomic mass is 9.99. The molecule has 0 aliphatic carbocycles. The molecule has 2 N–H and O–H groups in total. The van der Waals surface area contributed by atoms with E-state index in [1.807, 2.05) is 13.0 Å². The average Bonchev–Trinajstić information content (AvgIpc) is 2.56. The Morgan fingerprint density at radius 3 is 2.62 bits per heavy atom. The highest BCUT2D eigenvalue weighted by Gasteiger charge is 2.12. The first-order valence-electron chi connectivity index (χ1n) is 5.91. The molecule has 0 aliphatic heterocycles. The molecule has 0 amide bonds. The fraction of sp³-hybridized carbons (Fsp3) is 0.615. The molecule has 1 aromatic rings. The van der Waals surface area contributed by atoms with E-state index in [-0.39, 0.29) is 0 Å². The van der Waals surface area contributed by atoms with Crippen molar-refractivity contribution in [1.82, 2.24) is 15.5 Å². The van der Waals surface area contributed by atoms with E-state index in [0.717, 1.165) is 24.4 Å². The topological polar surface area (TPSA) is 40.7 Å². The summed E-state index contributed by atoms with van der Waals surface area (Å²) in [6, 6.07) is 0.492. The van der Waals surface area contributed by atoms with E-state index in [1.54, 1.807) is 0 Å². The maximum Gasteiger partial charge on any atom is 0.0638 e. The summed E-state index contributed by atoms with van der Waals surface area (Å²) in [5.74, 6) is 0.616. The maximum atomic E-state index is 4.19. The minimum absolute atomic E-state index is 0.492. The molecule has 0 saturated carbocycles. The summed E-state index contributed by atoms with van der Waals surface area (Å²) in [6.45, 7) is 13.2. The molecule has 1 heterocycles. The third-order valence-corrected chi connectivity index (χ3v) is 3.27. The van der Waals surface area contributed by atoms with Gasteiger partial charge in [-0.15, -0.1) is 6.58 Å². The summed E-state index contributed by atoms with van der Waals surface area (Å²) in [5.41, 5.74) is 3.54. The van der Waals surface area contributed by atoms with Crippen molar-refractivity contribution in [2.45, 2.75) is 46.7 Å². The zero-order chi connectivity index (χ0) is 12.1. The molecule has 0 bridgehead atoms. The first-order valence-corrected chi connectivity index (χ1v) is 5.91. The van der Waals surface area contributed by atoms with Crippen LogP contribution in [0.1, 0.15) is 37.2 Å². The molecule has 0 fully saturated rings. The number of H-pyrrole nitrogens is 1. The summed E-state index contributed by atoms with van der Waals surface area (Å²) in [4.78, 5) is 0. The van der Waals surface area contributed by atoms with Gasteiger partial charge in [-0.05, 0) is 33.1 Å². The summed E-state index contributed by atoms with van der Waals surface area (Å²) >= 11 is 0. The van der Waals surface area contributed by atoms with Gasteiger partial charge in [0.15, 0.2) is 0 Å². The Hall–Kier alpha value is -1.09. The van der Waals surface area contributed by atoms with Crippen molar-refractivity contribution in [1.29, 1.82) is 0 Å². The molecular weight excluding hydrogens is 198 g/mol. The summed E-state index contributed by atoms with van der Waals surface area (Å²) in [6.07, 6.45) is 3.04. The predicted octanol–water partition coefficient (Wildman–Crippen LogP) is 2.72. The van der Waals surface area contributed by atoms with Gasteiger partial charge in [0.25, 0.3) is 0 Å². The Morgan fingerprint density at radius 1 is 1.44 bits per heavy atom. The molecule has 0 aliphatic rings. The van der Waals surface area contributed by atoms with Crippen LogP contribution in [0, 0.1) is 19.8 Å². The van der Waals surface area contributed by atoms with E-state index >= 15 is 0 Å². The number of aromatic nitrogens is 2. The Labute approximate surface area is 98.3 Å². The van der Waals surface area contributed by atoms with Crippen molar-refractivity contribution < 1.29 is 0 Å². The highest BCUT2D eigenvalue weighted by molar-refractivity contribution is 5.22. The number of hydrogen-bond acceptors (Lipinski definition) is 2. The number of hydrogen-bond donors (Lipinski definition) is 2. The van der Waals surface area contributed by atoms with Crippen LogP contribution in [0.25, 0.3) is 0 Å². The van der Waals surface area contributed by atoms with Gasteiger partial charge in [0.2, 0.25) is 0 Å². The van der Waals surface area contributed by atoms with Crippen molar-refractivity contribution in [2.24, 2.45) is 5.92 Å². The van der Waals surface area contributed by atoms with Crippen molar-refractivity contribution in [2.75, 3.05) is 0 Å². The lowest BCUT2D eigenvalue weighted by Gasteiger charge is -2.20. The number of aromatic amines is 1. The second-order valence-corrected chi connectivity index (χ2v) is 4.58. The highest BCUT2D eigenvalue weighted by atomic mass is 15.1. The van der Waals surface area contributed by atoms with E-state index in [4.69, 9.17) is 0 Å². The Balaban J connectivity index is 2.48. The second-order valence-electron chi connectivity index (χ2n) is 4.58. The number of allylic oxidation sites excluding steroid dienone is 1. The van der Waals surface area contributed by atoms with Crippen molar-refractivity contribution in [3.63, 3.8) is 0 Å². The second kappa shape index (κ2) is 5.85. The van der Waals surface area contributed by atoms with Gasteiger partial charge in [-0.3, -0.25) is 5.10 Å². The largest absolute Gasteiger partial charge is 0.310 e. The fourth-order valence-corrected chi connectivity index (χ4v) is 1.77. The van der Waals surface area contributed by atoms with Gasteiger partial charge in [-0.2, -0.15) is 5.10 Å². The van der Waals surface area contributed by atoms with Crippen LogP contribution in [0.2, 0.25) is 0 Å². The number of nitrogens with zero attached hydrogens (tertiary/aromatic N) is 1. The Bertz CT molecular complexity index is 321. The summed E-state index contributed by atoms with van der Waals surface area (Å²) < 4.78 is 0. The molecule has 0 radical (unpaired) electrons. The highest BCUT2D eigenvalue weighted by Crippen LogP contribution is 2.12. The van der Waals surface area contributed by atoms with Gasteiger partial charge in [-0.25, -0.2) is 0 Å². The Kier molecular flexibility index (Phi) is 4.74. The molecule has 2 unspecified atom stereocenters. The normalized spacial score (nSPS) is 14.8. The lowest BCUT2D eigenvalue weighted by molar-refractivity contribution is 0.401. The fourth-order valence-electron chi connectivity index (χ4n) is 1.77. The van der Waals surface area contributed by atoms with Gasteiger partial charge in [0.1, 0.15) is 0 Å². The molecule has 3 nitrogen and oxygen atoms in total. The molecule has 1 rings (SSSR count). The maximum absolute atomic E-state index is 4.19. The number of nitrogens with one attached hydrogen (secondary N) is 2. The van der Waals surface area contributed by atoms with Crippen LogP contribution < -0.4 is 5.32 Å². The molecule has 90 valence electrons. The van der Waals surface area contributed by atoms with Crippen molar-refractivity contribution >= 4 is 0 Å². The summed E-state index contributed by atoms with van der Waals surface area (Å²) in [7, 11) is 0. The van der Waals surface area contributed by atoms with E-state index in [0.29, 0.717) is 12.0 Å².